The number of aryl methyl sites for hydroxylation is 2. The van der Waals surface area contributed by atoms with Gasteiger partial charge in [0.05, 0.1) is 11.3 Å². The van der Waals surface area contributed by atoms with E-state index >= 15 is 0 Å². The lowest BCUT2D eigenvalue weighted by Crippen LogP contribution is -2.10. The lowest BCUT2D eigenvalue weighted by Gasteiger charge is -2.19. The molecular formula is C14H20N2. The van der Waals surface area contributed by atoms with Crippen molar-refractivity contribution < 1.29 is 0 Å². The number of hydrogen-bond acceptors (Lipinski definition) is 2. The number of hydrogen-bond donors (Lipinski definition) is 0. The highest BCUT2D eigenvalue weighted by molar-refractivity contribution is 5.48. The normalized spacial score (nSPS) is 13.2. The van der Waals surface area contributed by atoms with Gasteiger partial charge in [-0.25, -0.2) is 0 Å². The molecule has 0 fully saturated rings. The molecule has 0 aliphatic heterocycles. The van der Waals surface area contributed by atoms with E-state index in [1.165, 1.54) is 24.0 Å². The summed E-state index contributed by atoms with van der Waals surface area (Å²) in [6.07, 6.45) is 4.61. The van der Waals surface area contributed by atoms with E-state index in [0.717, 1.165) is 29.8 Å². The van der Waals surface area contributed by atoms with Crippen LogP contribution in [0.1, 0.15) is 54.8 Å². The Morgan fingerprint density at radius 1 is 1.00 bits per heavy atom. The Labute approximate surface area is 98.3 Å². The SMILES string of the molecule is CC.Cc1nc(C)c2c(c1C#N)CCCC2. The lowest BCUT2D eigenvalue weighted by molar-refractivity contribution is 0.673. The third kappa shape index (κ3) is 2.24. The Kier molecular flexibility index (Phi) is 4.49. The van der Waals surface area contributed by atoms with E-state index in [-0.39, 0.29) is 0 Å². The van der Waals surface area contributed by atoms with Crippen molar-refractivity contribution in [1.82, 2.24) is 4.98 Å². The first kappa shape index (κ1) is 12.7. The molecule has 1 aromatic heterocycles. The minimum Gasteiger partial charge on any atom is -0.257 e. The zero-order valence-electron chi connectivity index (χ0n) is 10.7. The molecule has 0 N–H and O–H groups in total. The molecule has 0 bridgehead atoms. The Morgan fingerprint density at radius 3 is 2.12 bits per heavy atom. The van der Waals surface area contributed by atoms with Crippen LogP contribution in [0.4, 0.5) is 0 Å². The molecule has 0 saturated carbocycles. The first-order valence-corrected chi connectivity index (χ1v) is 6.13. The smallest absolute Gasteiger partial charge is 0.101 e. The summed E-state index contributed by atoms with van der Waals surface area (Å²) in [4.78, 5) is 4.44. The number of rotatable bonds is 0. The quantitative estimate of drug-likeness (QED) is 0.665. The Balaban J connectivity index is 0.000000606. The van der Waals surface area contributed by atoms with Gasteiger partial charge < -0.3 is 0 Å². The predicted molar refractivity (Wildman–Crippen MR) is 66.4 cm³/mol. The van der Waals surface area contributed by atoms with Crippen LogP contribution in [-0.4, -0.2) is 4.98 Å². The standard InChI is InChI=1S/C12H14N2.C2H6/c1-8-10-5-3-4-6-11(10)12(7-13)9(2)14-8;1-2/h3-6H2,1-2H3;1-2H3. The van der Waals surface area contributed by atoms with Crippen molar-refractivity contribution in [2.24, 2.45) is 0 Å². The molecule has 0 saturated heterocycles. The average molecular weight is 216 g/mol. The van der Waals surface area contributed by atoms with Gasteiger partial charge in [0.15, 0.2) is 0 Å². The maximum absolute atomic E-state index is 9.08. The van der Waals surface area contributed by atoms with Crippen LogP contribution < -0.4 is 0 Å². The second kappa shape index (κ2) is 5.65. The van der Waals surface area contributed by atoms with Crippen LogP contribution >= 0.6 is 0 Å². The molecule has 2 rings (SSSR count). The largest absolute Gasteiger partial charge is 0.257 e. The molecule has 86 valence electrons. The average Bonchev–Trinajstić information content (AvgIpc) is 2.32. The highest BCUT2D eigenvalue weighted by Gasteiger charge is 2.18. The molecule has 0 spiro atoms. The van der Waals surface area contributed by atoms with Crippen molar-refractivity contribution >= 4 is 0 Å². The van der Waals surface area contributed by atoms with Crippen molar-refractivity contribution in [1.29, 1.82) is 5.26 Å². The summed E-state index contributed by atoms with van der Waals surface area (Å²) in [5, 5.41) is 9.08. The molecule has 0 aromatic carbocycles. The van der Waals surface area contributed by atoms with E-state index in [0.29, 0.717) is 0 Å². The third-order valence-electron chi connectivity index (χ3n) is 3.02. The van der Waals surface area contributed by atoms with E-state index < -0.39 is 0 Å². The highest BCUT2D eigenvalue weighted by Crippen LogP contribution is 2.27. The van der Waals surface area contributed by atoms with Crippen LogP contribution in [-0.2, 0) is 12.8 Å². The minimum absolute atomic E-state index is 0.824. The fraction of sp³-hybridized carbons (Fsp3) is 0.571. The van der Waals surface area contributed by atoms with Gasteiger partial charge in [-0.1, -0.05) is 13.8 Å². The summed E-state index contributed by atoms with van der Waals surface area (Å²) in [5.74, 6) is 0. The van der Waals surface area contributed by atoms with Crippen LogP contribution in [0.3, 0.4) is 0 Å². The van der Waals surface area contributed by atoms with Gasteiger partial charge in [-0.05, 0) is 50.7 Å². The second-order valence-electron chi connectivity index (χ2n) is 3.93. The molecule has 1 aliphatic rings. The monoisotopic (exact) mass is 216 g/mol. The molecule has 0 unspecified atom stereocenters. The number of fused-ring (bicyclic) bond motifs is 1. The van der Waals surface area contributed by atoms with Crippen molar-refractivity contribution in [3.8, 4) is 6.07 Å². The molecule has 1 heterocycles. The van der Waals surface area contributed by atoms with Gasteiger partial charge in [-0.15, -0.1) is 0 Å². The van der Waals surface area contributed by atoms with Crippen molar-refractivity contribution in [3.63, 3.8) is 0 Å². The lowest BCUT2D eigenvalue weighted by atomic mass is 9.87. The van der Waals surface area contributed by atoms with E-state index in [1.54, 1.807) is 0 Å². The van der Waals surface area contributed by atoms with Crippen molar-refractivity contribution in [3.05, 3.63) is 28.1 Å². The summed E-state index contributed by atoms with van der Waals surface area (Å²) in [7, 11) is 0. The minimum atomic E-state index is 0.824. The molecule has 0 atom stereocenters. The van der Waals surface area contributed by atoms with E-state index in [4.69, 9.17) is 5.26 Å². The van der Waals surface area contributed by atoms with E-state index in [2.05, 4.69) is 18.0 Å². The Hall–Kier alpha value is -1.36. The number of nitrogens with zero attached hydrogens (tertiary/aromatic N) is 2. The summed E-state index contributed by atoms with van der Waals surface area (Å²) in [6.45, 7) is 7.98. The topological polar surface area (TPSA) is 36.7 Å². The molecule has 16 heavy (non-hydrogen) atoms. The predicted octanol–water partition coefficient (Wildman–Crippen LogP) is 3.48. The number of pyridine rings is 1. The molecule has 0 radical (unpaired) electrons. The molecule has 2 heteroatoms. The van der Waals surface area contributed by atoms with Crippen LogP contribution in [0.25, 0.3) is 0 Å². The fourth-order valence-corrected chi connectivity index (χ4v) is 2.32. The third-order valence-corrected chi connectivity index (χ3v) is 3.02. The maximum atomic E-state index is 9.08. The summed E-state index contributed by atoms with van der Waals surface area (Å²) in [5.41, 5.74) is 5.44. The summed E-state index contributed by atoms with van der Waals surface area (Å²) < 4.78 is 0. The second-order valence-corrected chi connectivity index (χ2v) is 3.93. The van der Waals surface area contributed by atoms with Gasteiger partial charge in [0.1, 0.15) is 6.07 Å². The summed E-state index contributed by atoms with van der Waals surface area (Å²) >= 11 is 0. The zero-order chi connectivity index (χ0) is 12.1. The summed E-state index contributed by atoms with van der Waals surface area (Å²) in [6, 6.07) is 2.29. The molecule has 1 aliphatic carbocycles. The van der Waals surface area contributed by atoms with Gasteiger partial charge >= 0.3 is 0 Å². The zero-order valence-corrected chi connectivity index (χ0v) is 10.7. The number of nitriles is 1. The Morgan fingerprint density at radius 2 is 1.56 bits per heavy atom. The van der Waals surface area contributed by atoms with Crippen LogP contribution in [0.5, 0.6) is 0 Å². The van der Waals surface area contributed by atoms with Gasteiger partial charge in [0, 0.05) is 5.69 Å². The molecule has 2 nitrogen and oxygen atoms in total. The van der Waals surface area contributed by atoms with Crippen LogP contribution in [0.15, 0.2) is 0 Å². The molecular weight excluding hydrogens is 196 g/mol. The highest BCUT2D eigenvalue weighted by atomic mass is 14.7. The maximum Gasteiger partial charge on any atom is 0.101 e. The first-order chi connectivity index (χ1) is 7.74. The fourth-order valence-electron chi connectivity index (χ4n) is 2.32. The van der Waals surface area contributed by atoms with Gasteiger partial charge in [-0.2, -0.15) is 5.26 Å². The van der Waals surface area contributed by atoms with Gasteiger partial charge in [-0.3, -0.25) is 4.98 Å². The van der Waals surface area contributed by atoms with Gasteiger partial charge in [0.25, 0.3) is 0 Å². The van der Waals surface area contributed by atoms with E-state index in [9.17, 15) is 0 Å². The Bertz CT molecular complexity index is 414. The number of aromatic nitrogens is 1. The van der Waals surface area contributed by atoms with Crippen LogP contribution in [0.2, 0.25) is 0 Å². The van der Waals surface area contributed by atoms with Crippen LogP contribution in [0, 0.1) is 25.2 Å². The van der Waals surface area contributed by atoms with Crippen molar-refractivity contribution in [2.75, 3.05) is 0 Å². The first-order valence-electron chi connectivity index (χ1n) is 6.13. The van der Waals surface area contributed by atoms with Crippen molar-refractivity contribution in [2.45, 2.75) is 53.4 Å². The van der Waals surface area contributed by atoms with Gasteiger partial charge in [0.2, 0.25) is 0 Å². The molecule has 1 aromatic rings. The molecule has 0 amide bonds. The van der Waals surface area contributed by atoms with E-state index in [1.807, 2.05) is 20.8 Å².